The summed E-state index contributed by atoms with van der Waals surface area (Å²) in [6, 6.07) is 3.85. The number of benzene rings is 1. The molecule has 0 aliphatic heterocycles. The summed E-state index contributed by atoms with van der Waals surface area (Å²) in [5.41, 5.74) is 0.696. The van der Waals surface area contributed by atoms with Crippen LogP contribution in [0.2, 0.25) is 5.02 Å². The number of ether oxygens (including phenoxy) is 1. The molecule has 1 aromatic heterocycles. The molecule has 1 fully saturated rings. The van der Waals surface area contributed by atoms with E-state index in [9.17, 15) is 26.0 Å². The second kappa shape index (κ2) is 7.88. The highest BCUT2D eigenvalue weighted by atomic mass is 35.5. The number of nitrogens with one attached hydrogen (secondary N) is 1. The van der Waals surface area contributed by atoms with Crippen LogP contribution < -0.4 is 0 Å². The van der Waals surface area contributed by atoms with Crippen LogP contribution in [-0.2, 0) is 14.6 Å². The first-order valence-electron chi connectivity index (χ1n) is 8.76. The molecular weight excluding hydrogens is 436 g/mol. The molecular formula is C18H19ClF4N2O3S. The summed E-state index contributed by atoms with van der Waals surface area (Å²) in [5, 5.41) is -0.321. The Balaban J connectivity index is 1.84. The lowest BCUT2D eigenvalue weighted by atomic mass is 9.75. The molecule has 160 valence electrons. The van der Waals surface area contributed by atoms with Crippen LogP contribution in [0.15, 0.2) is 23.2 Å². The summed E-state index contributed by atoms with van der Waals surface area (Å²) >= 11 is 5.84. The van der Waals surface area contributed by atoms with Gasteiger partial charge in [-0.15, -0.1) is 0 Å². The van der Waals surface area contributed by atoms with Crippen LogP contribution in [0.25, 0.3) is 0 Å². The molecule has 1 aromatic carbocycles. The highest BCUT2D eigenvalue weighted by Gasteiger charge is 2.47. The third-order valence-electron chi connectivity index (χ3n) is 4.90. The van der Waals surface area contributed by atoms with E-state index in [-0.39, 0.29) is 41.2 Å². The van der Waals surface area contributed by atoms with E-state index in [4.69, 9.17) is 16.3 Å². The molecule has 0 bridgehead atoms. The van der Waals surface area contributed by atoms with Crippen molar-refractivity contribution in [2.45, 2.75) is 37.1 Å². The van der Waals surface area contributed by atoms with E-state index < -0.39 is 33.9 Å². The van der Waals surface area contributed by atoms with Crippen LogP contribution >= 0.6 is 11.6 Å². The van der Waals surface area contributed by atoms with Crippen molar-refractivity contribution in [1.82, 2.24) is 9.97 Å². The number of imidazole rings is 1. The second-order valence-corrected chi connectivity index (χ2v) is 9.63. The predicted molar refractivity (Wildman–Crippen MR) is 97.9 cm³/mol. The van der Waals surface area contributed by atoms with Gasteiger partial charge < -0.3 is 9.72 Å². The van der Waals surface area contributed by atoms with Crippen LogP contribution in [0.4, 0.5) is 17.6 Å². The summed E-state index contributed by atoms with van der Waals surface area (Å²) in [4.78, 5) is 6.95. The number of nitrogens with zero attached hydrogens (tertiary/aromatic N) is 1. The van der Waals surface area contributed by atoms with Gasteiger partial charge in [-0.3, -0.25) is 0 Å². The lowest BCUT2D eigenvalue weighted by molar-refractivity contribution is -0.209. The minimum atomic E-state index is -4.22. The Morgan fingerprint density at radius 3 is 2.52 bits per heavy atom. The van der Waals surface area contributed by atoms with Crippen molar-refractivity contribution in [2.24, 2.45) is 11.8 Å². The van der Waals surface area contributed by atoms with E-state index in [1.807, 2.05) is 0 Å². The molecule has 0 amide bonds. The van der Waals surface area contributed by atoms with Crippen molar-refractivity contribution in [1.29, 1.82) is 0 Å². The highest BCUT2D eigenvalue weighted by molar-refractivity contribution is 7.90. The van der Waals surface area contributed by atoms with Crippen molar-refractivity contribution >= 4 is 21.4 Å². The number of halogens is 5. The van der Waals surface area contributed by atoms with E-state index in [1.54, 1.807) is 0 Å². The van der Waals surface area contributed by atoms with E-state index in [0.29, 0.717) is 11.3 Å². The summed E-state index contributed by atoms with van der Waals surface area (Å²) in [5.74, 6) is -2.12. The molecule has 2 aromatic rings. The average Bonchev–Trinajstić information content (AvgIpc) is 2.93. The van der Waals surface area contributed by atoms with E-state index in [1.165, 1.54) is 19.1 Å². The monoisotopic (exact) mass is 454 g/mol. The van der Waals surface area contributed by atoms with Crippen LogP contribution in [0.3, 0.4) is 0 Å². The maximum Gasteiger partial charge on any atom is 0.391 e. The Morgan fingerprint density at radius 2 is 2.00 bits per heavy atom. The predicted octanol–water partition coefficient (Wildman–Crippen LogP) is 4.61. The van der Waals surface area contributed by atoms with Crippen molar-refractivity contribution in [2.75, 3.05) is 12.9 Å². The first-order chi connectivity index (χ1) is 13.4. The lowest BCUT2D eigenvalue weighted by Gasteiger charge is -2.36. The minimum absolute atomic E-state index is 0.0141. The molecule has 1 aliphatic rings. The van der Waals surface area contributed by atoms with Gasteiger partial charge in [-0.05, 0) is 43.4 Å². The highest BCUT2D eigenvalue weighted by Crippen LogP contribution is 2.45. The Hall–Kier alpha value is -1.65. The van der Waals surface area contributed by atoms with E-state index in [2.05, 4.69) is 9.97 Å². The van der Waals surface area contributed by atoms with Crippen LogP contribution in [-0.4, -0.2) is 37.4 Å². The van der Waals surface area contributed by atoms with Crippen LogP contribution in [0.5, 0.6) is 0 Å². The zero-order chi connectivity index (χ0) is 21.6. The van der Waals surface area contributed by atoms with Gasteiger partial charge in [0.2, 0.25) is 0 Å². The molecule has 1 unspecified atom stereocenters. The summed E-state index contributed by atoms with van der Waals surface area (Å²) in [6.07, 6.45) is -4.22. The summed E-state index contributed by atoms with van der Waals surface area (Å²) in [6.45, 7) is 1.54. The number of aromatic amines is 1. The number of alkyl halides is 3. The third kappa shape index (κ3) is 4.92. The fourth-order valence-corrected chi connectivity index (χ4v) is 4.39. The van der Waals surface area contributed by atoms with Gasteiger partial charge in [-0.25, -0.2) is 17.8 Å². The van der Waals surface area contributed by atoms with Crippen molar-refractivity contribution in [3.63, 3.8) is 0 Å². The Bertz CT molecular complexity index is 1000. The number of sulfone groups is 1. The lowest BCUT2D eigenvalue weighted by Crippen LogP contribution is -2.37. The van der Waals surface area contributed by atoms with E-state index >= 15 is 0 Å². The normalized spacial score (nSPS) is 21.1. The molecule has 0 saturated heterocycles. The number of hydrogen-bond acceptors (Lipinski definition) is 4. The maximum absolute atomic E-state index is 13.5. The quantitative estimate of drug-likeness (QED) is 0.647. The zero-order valence-corrected chi connectivity index (χ0v) is 17.1. The van der Waals surface area contributed by atoms with Crippen LogP contribution in [0, 0.1) is 24.6 Å². The van der Waals surface area contributed by atoms with Gasteiger partial charge in [-0.1, -0.05) is 17.7 Å². The maximum atomic E-state index is 13.5. The molecule has 0 spiro atoms. The Morgan fingerprint density at radius 1 is 1.34 bits per heavy atom. The zero-order valence-electron chi connectivity index (χ0n) is 15.6. The Labute approximate surface area is 170 Å². The van der Waals surface area contributed by atoms with E-state index in [0.717, 1.165) is 12.3 Å². The van der Waals surface area contributed by atoms with Gasteiger partial charge in [0.1, 0.15) is 17.7 Å². The third-order valence-corrected chi connectivity index (χ3v) is 6.29. The van der Waals surface area contributed by atoms with Crippen molar-refractivity contribution in [3.8, 4) is 0 Å². The molecule has 1 aliphatic carbocycles. The van der Waals surface area contributed by atoms with Gasteiger partial charge in [0.15, 0.2) is 14.9 Å². The topological polar surface area (TPSA) is 72.0 Å². The summed E-state index contributed by atoms with van der Waals surface area (Å²) in [7, 11) is -3.60. The molecule has 1 N–H and O–H groups in total. The number of rotatable bonds is 6. The molecule has 0 radical (unpaired) electrons. The minimum Gasteiger partial charge on any atom is -0.365 e. The standard InChI is InChI=1S/C18H19ClF4N2O3S/c1-9-17(29(2,26)27)25-16(24-9)15(11-3-4-14(20)13(19)7-11)28-8-10-5-12(6-10)18(21,22)23/h3-4,7,10,12,15H,5-6,8H2,1-2H3,(H,24,25). The molecule has 1 saturated carbocycles. The number of hydrogen-bond donors (Lipinski definition) is 1. The molecule has 29 heavy (non-hydrogen) atoms. The van der Waals surface area contributed by atoms with Gasteiger partial charge in [-0.2, -0.15) is 13.2 Å². The largest absolute Gasteiger partial charge is 0.391 e. The number of aromatic nitrogens is 2. The molecule has 5 nitrogen and oxygen atoms in total. The molecule has 1 heterocycles. The smallest absolute Gasteiger partial charge is 0.365 e. The first kappa shape index (κ1) is 22.0. The molecule has 1 atom stereocenters. The number of H-pyrrole nitrogens is 1. The molecule has 11 heteroatoms. The van der Waals surface area contributed by atoms with Crippen LogP contribution in [0.1, 0.15) is 36.0 Å². The second-order valence-electron chi connectivity index (χ2n) is 7.29. The fraction of sp³-hybridized carbons (Fsp3) is 0.500. The van der Waals surface area contributed by atoms with Gasteiger partial charge in [0.25, 0.3) is 0 Å². The van der Waals surface area contributed by atoms with Crippen molar-refractivity contribution < 1.29 is 30.7 Å². The first-order valence-corrected chi connectivity index (χ1v) is 11.0. The SMILES string of the molecule is Cc1[nH]c(C(OCC2CC(C(F)(F)F)C2)c2ccc(F)c(Cl)c2)nc1S(C)(=O)=O. The van der Waals surface area contributed by atoms with Crippen molar-refractivity contribution in [3.05, 3.63) is 46.1 Å². The fourth-order valence-electron chi connectivity index (χ4n) is 3.33. The Kier molecular flexibility index (Phi) is 5.99. The van der Waals surface area contributed by atoms with Gasteiger partial charge >= 0.3 is 6.18 Å². The average molecular weight is 455 g/mol. The molecule has 3 rings (SSSR count). The number of aryl methyl sites for hydroxylation is 1. The van der Waals surface area contributed by atoms with Gasteiger partial charge in [0.05, 0.1) is 23.2 Å². The van der Waals surface area contributed by atoms with Gasteiger partial charge in [0, 0.05) is 6.26 Å². The summed E-state index contributed by atoms with van der Waals surface area (Å²) < 4.78 is 81.2.